The normalized spacial score (nSPS) is 50.8. The number of halogens is 6. The third kappa shape index (κ3) is 0.688. The van der Waals surface area contributed by atoms with Gasteiger partial charge in [-0.25, -0.2) is 0 Å². The van der Waals surface area contributed by atoms with Crippen molar-refractivity contribution in [1.29, 1.82) is 0 Å². The summed E-state index contributed by atoms with van der Waals surface area (Å²) in [6.07, 6.45) is 2.98. The average Bonchev–Trinajstić information content (AvgIpc) is 2.72. The Balaban J connectivity index is 1.81. The molecule has 2 saturated carbocycles. The summed E-state index contributed by atoms with van der Waals surface area (Å²) in [7, 11) is 0. The number of hydrogen-bond acceptors (Lipinski definition) is 1. The molecule has 1 spiro atoms. The van der Waals surface area contributed by atoms with Crippen molar-refractivity contribution in [3.63, 3.8) is 0 Å². The number of hydrogen-bond donors (Lipinski definition) is 0. The highest BCUT2D eigenvalue weighted by Gasteiger charge is 3.04. The molecule has 3 fully saturated rings. The average molecular weight is 270 g/mol. The van der Waals surface area contributed by atoms with E-state index in [1.165, 1.54) is 0 Å². The Kier molecular flexibility index (Phi) is 1.52. The molecule has 0 aromatic heterocycles. The molecule has 1 heterocycles. The van der Waals surface area contributed by atoms with Crippen LogP contribution >= 0.6 is 0 Å². The Hall–Kier alpha value is -0.720. The van der Waals surface area contributed by atoms with Crippen molar-refractivity contribution in [3.05, 3.63) is 12.2 Å². The van der Waals surface area contributed by atoms with Gasteiger partial charge in [0.25, 0.3) is 0 Å². The Bertz CT molecular complexity index is 452. The van der Waals surface area contributed by atoms with E-state index in [4.69, 9.17) is 0 Å². The highest BCUT2D eigenvalue weighted by Crippen LogP contribution is 2.78. The van der Waals surface area contributed by atoms with E-state index >= 15 is 0 Å². The van der Waals surface area contributed by atoms with Gasteiger partial charge in [0.2, 0.25) is 5.60 Å². The van der Waals surface area contributed by atoms with E-state index < -0.39 is 41.3 Å². The maximum atomic E-state index is 13.5. The minimum absolute atomic E-state index is 0.188. The molecule has 18 heavy (non-hydrogen) atoms. The first kappa shape index (κ1) is 11.1. The number of alkyl halides is 6. The van der Waals surface area contributed by atoms with Crippen LogP contribution in [0, 0.1) is 17.8 Å². The van der Waals surface area contributed by atoms with Crippen molar-refractivity contribution >= 4 is 0 Å². The molecular formula is C11H8F6O. The first-order valence-electron chi connectivity index (χ1n) is 5.68. The van der Waals surface area contributed by atoms with Gasteiger partial charge in [0.05, 0.1) is 6.10 Å². The summed E-state index contributed by atoms with van der Waals surface area (Å²) >= 11 is 0. The zero-order chi connectivity index (χ0) is 13.1. The Morgan fingerprint density at radius 2 is 1.39 bits per heavy atom. The summed E-state index contributed by atoms with van der Waals surface area (Å²) in [4.78, 5) is 0. The lowest BCUT2D eigenvalue weighted by Crippen LogP contribution is -2.94. The summed E-state index contributed by atoms with van der Waals surface area (Å²) in [6, 6.07) is 0. The summed E-state index contributed by atoms with van der Waals surface area (Å²) in [5.41, 5.74) is -3.29. The molecule has 4 aliphatic rings. The predicted octanol–water partition coefficient (Wildman–Crippen LogP) is 2.87. The molecule has 0 aromatic carbocycles. The van der Waals surface area contributed by atoms with Crippen LogP contribution in [0.25, 0.3) is 0 Å². The van der Waals surface area contributed by atoms with Gasteiger partial charge in [-0.05, 0) is 12.3 Å². The molecule has 1 saturated heterocycles. The fraction of sp³-hybridized carbons (Fsp3) is 0.818. The quantitative estimate of drug-likeness (QED) is 0.486. The summed E-state index contributed by atoms with van der Waals surface area (Å²) in [5, 5.41) is 0. The first-order chi connectivity index (χ1) is 8.18. The van der Waals surface area contributed by atoms with Gasteiger partial charge in [-0.15, -0.1) is 0 Å². The molecule has 4 unspecified atom stereocenters. The number of ether oxygens (including phenoxy) is 1. The van der Waals surface area contributed by atoms with Crippen LogP contribution in [-0.2, 0) is 4.74 Å². The van der Waals surface area contributed by atoms with E-state index in [0.717, 1.165) is 0 Å². The van der Waals surface area contributed by atoms with E-state index in [9.17, 15) is 26.3 Å². The second-order valence-corrected chi connectivity index (χ2v) is 5.52. The molecule has 0 amide bonds. The standard InChI is InChI=1S/C11H8F6O/c12-9(13)8(10(14,15)11(9,16)17)6-4-1-2-5(3-4)7(6)18-8/h1-2,4-7H,3H2. The molecule has 7 heteroatoms. The van der Waals surface area contributed by atoms with Gasteiger partial charge < -0.3 is 4.74 Å². The smallest absolute Gasteiger partial charge is 0.357 e. The van der Waals surface area contributed by atoms with E-state index in [1.807, 2.05) is 0 Å². The van der Waals surface area contributed by atoms with Gasteiger partial charge >= 0.3 is 17.8 Å². The molecule has 100 valence electrons. The minimum atomic E-state index is -5.32. The van der Waals surface area contributed by atoms with Crippen molar-refractivity contribution in [1.82, 2.24) is 0 Å². The van der Waals surface area contributed by atoms with Crippen LogP contribution in [0.15, 0.2) is 12.2 Å². The Morgan fingerprint density at radius 3 is 1.94 bits per heavy atom. The maximum absolute atomic E-state index is 13.5. The lowest BCUT2D eigenvalue weighted by molar-refractivity contribution is -0.553. The zero-order valence-corrected chi connectivity index (χ0v) is 8.85. The summed E-state index contributed by atoms with van der Waals surface area (Å²) < 4.78 is 84.5. The molecule has 3 aliphatic carbocycles. The van der Waals surface area contributed by atoms with Gasteiger partial charge in [-0.2, -0.15) is 26.3 Å². The van der Waals surface area contributed by atoms with Crippen molar-refractivity contribution in [2.24, 2.45) is 17.8 Å². The van der Waals surface area contributed by atoms with Crippen LogP contribution < -0.4 is 0 Å². The van der Waals surface area contributed by atoms with Crippen molar-refractivity contribution < 1.29 is 31.1 Å². The van der Waals surface area contributed by atoms with Crippen LogP contribution in [-0.4, -0.2) is 29.5 Å². The number of fused-ring (bicyclic) bond motifs is 6. The molecule has 0 aromatic rings. The van der Waals surface area contributed by atoms with Crippen molar-refractivity contribution in [2.45, 2.75) is 35.9 Å². The van der Waals surface area contributed by atoms with E-state index in [-0.39, 0.29) is 5.92 Å². The van der Waals surface area contributed by atoms with Gasteiger partial charge in [-0.3, -0.25) is 0 Å². The number of rotatable bonds is 0. The molecular weight excluding hydrogens is 262 g/mol. The van der Waals surface area contributed by atoms with E-state index in [0.29, 0.717) is 6.42 Å². The maximum Gasteiger partial charge on any atom is 0.378 e. The van der Waals surface area contributed by atoms with Crippen LogP contribution in [0.4, 0.5) is 26.3 Å². The third-order valence-corrected chi connectivity index (χ3v) is 4.90. The monoisotopic (exact) mass is 270 g/mol. The highest BCUT2D eigenvalue weighted by molar-refractivity contribution is 5.39. The fourth-order valence-corrected chi connectivity index (χ4v) is 4.06. The van der Waals surface area contributed by atoms with Crippen LogP contribution in [0.3, 0.4) is 0 Å². The molecule has 4 atom stereocenters. The summed E-state index contributed by atoms with van der Waals surface area (Å²) in [6.45, 7) is 0. The van der Waals surface area contributed by atoms with Crippen molar-refractivity contribution in [2.75, 3.05) is 0 Å². The minimum Gasteiger partial charge on any atom is -0.357 e. The highest BCUT2D eigenvalue weighted by atomic mass is 19.4. The van der Waals surface area contributed by atoms with Gasteiger partial charge in [0.1, 0.15) is 0 Å². The molecule has 1 nitrogen and oxygen atoms in total. The molecule has 0 N–H and O–H groups in total. The predicted molar refractivity (Wildman–Crippen MR) is 46.7 cm³/mol. The van der Waals surface area contributed by atoms with E-state index in [2.05, 4.69) is 4.74 Å². The largest absolute Gasteiger partial charge is 0.378 e. The fourth-order valence-electron chi connectivity index (χ4n) is 4.06. The Labute approximate surface area is 97.8 Å². The molecule has 0 radical (unpaired) electrons. The SMILES string of the molecule is FC1(F)C(F)(F)C2(OC3C4C=CC(C4)C32)C1(F)F. The molecule has 4 rings (SSSR count). The first-order valence-corrected chi connectivity index (χ1v) is 5.68. The van der Waals surface area contributed by atoms with Crippen molar-refractivity contribution in [3.8, 4) is 0 Å². The van der Waals surface area contributed by atoms with Crippen LogP contribution in [0.2, 0.25) is 0 Å². The third-order valence-electron chi connectivity index (χ3n) is 4.90. The second-order valence-electron chi connectivity index (χ2n) is 5.52. The van der Waals surface area contributed by atoms with E-state index in [1.54, 1.807) is 12.2 Å². The number of allylic oxidation sites excluding steroid dienone is 1. The van der Waals surface area contributed by atoms with Gasteiger partial charge in [0, 0.05) is 11.8 Å². The summed E-state index contributed by atoms with van der Waals surface area (Å²) in [5.74, 6) is -16.8. The lowest BCUT2D eigenvalue weighted by atomic mass is 9.54. The topological polar surface area (TPSA) is 9.23 Å². The second kappa shape index (κ2) is 2.46. The van der Waals surface area contributed by atoms with Crippen LogP contribution in [0.1, 0.15) is 6.42 Å². The zero-order valence-electron chi connectivity index (χ0n) is 8.85. The lowest BCUT2D eigenvalue weighted by Gasteiger charge is -2.68. The van der Waals surface area contributed by atoms with Crippen LogP contribution in [0.5, 0.6) is 0 Å². The van der Waals surface area contributed by atoms with Gasteiger partial charge in [0.15, 0.2) is 0 Å². The Morgan fingerprint density at radius 1 is 0.833 bits per heavy atom. The molecule has 2 bridgehead atoms. The molecule has 1 aliphatic heterocycles. The van der Waals surface area contributed by atoms with Gasteiger partial charge in [-0.1, -0.05) is 12.2 Å².